The van der Waals surface area contributed by atoms with E-state index in [-0.39, 0.29) is 22.7 Å². The molecule has 0 aliphatic carbocycles. The van der Waals surface area contributed by atoms with E-state index >= 15 is 0 Å². The fourth-order valence-electron chi connectivity index (χ4n) is 3.97. The topological polar surface area (TPSA) is 100 Å². The predicted molar refractivity (Wildman–Crippen MR) is 135 cm³/mol. The minimum atomic E-state index is -0.179. The Kier molecular flexibility index (Phi) is 6.59. The van der Waals surface area contributed by atoms with Crippen molar-refractivity contribution in [1.29, 1.82) is 0 Å². The predicted octanol–water partition coefficient (Wildman–Crippen LogP) is 3.73. The van der Waals surface area contributed by atoms with Crippen LogP contribution in [-0.4, -0.2) is 52.2 Å². The van der Waals surface area contributed by atoms with Crippen LogP contribution in [0, 0.1) is 6.92 Å². The molecular weight excluding hydrogens is 490 g/mol. The number of amides is 1. The van der Waals surface area contributed by atoms with Crippen LogP contribution in [0.2, 0.25) is 0 Å². The van der Waals surface area contributed by atoms with E-state index in [0.717, 1.165) is 43.3 Å². The van der Waals surface area contributed by atoms with Crippen LogP contribution in [0.15, 0.2) is 46.6 Å². The maximum absolute atomic E-state index is 12.9. The van der Waals surface area contributed by atoms with Crippen LogP contribution >= 0.6 is 34.0 Å². The molecule has 1 aliphatic heterocycles. The molecule has 4 aromatic rings. The molecule has 0 unspecified atom stereocenters. The van der Waals surface area contributed by atoms with E-state index in [2.05, 4.69) is 31.5 Å². The van der Waals surface area contributed by atoms with E-state index in [4.69, 9.17) is 4.74 Å². The van der Waals surface area contributed by atoms with E-state index in [1.54, 1.807) is 34.8 Å². The maximum Gasteiger partial charge on any atom is 0.322 e. The Labute approximate surface area is 208 Å². The van der Waals surface area contributed by atoms with Gasteiger partial charge in [-0.1, -0.05) is 17.4 Å². The molecular formula is C23H23N5O3S3. The Bertz CT molecular complexity index is 1330. The van der Waals surface area contributed by atoms with Gasteiger partial charge in [-0.2, -0.15) is 5.10 Å². The lowest BCUT2D eigenvalue weighted by Gasteiger charge is -2.18. The van der Waals surface area contributed by atoms with Crippen molar-refractivity contribution in [3.05, 3.63) is 72.6 Å². The second-order valence-corrected chi connectivity index (χ2v) is 11.2. The number of aryl methyl sites for hydroxylation is 1. The molecule has 3 aromatic heterocycles. The highest BCUT2D eigenvalue weighted by Gasteiger charge is 2.35. The van der Waals surface area contributed by atoms with E-state index in [0.29, 0.717) is 24.5 Å². The lowest BCUT2D eigenvalue weighted by atomic mass is 10.0. The van der Waals surface area contributed by atoms with Crippen LogP contribution in [0.3, 0.4) is 0 Å². The number of carbonyl (C=O) groups excluding carboxylic acids is 1. The molecule has 1 fully saturated rings. The molecule has 0 radical (unpaired) electrons. The van der Waals surface area contributed by atoms with Gasteiger partial charge in [0.05, 0.1) is 21.5 Å². The smallest absolute Gasteiger partial charge is 0.322 e. The third kappa shape index (κ3) is 4.97. The summed E-state index contributed by atoms with van der Waals surface area (Å²) in [4.78, 5) is 33.2. The lowest BCUT2D eigenvalue weighted by molar-refractivity contribution is 0.0935. The normalized spacial score (nSPS) is 18.3. The van der Waals surface area contributed by atoms with Crippen LogP contribution in [-0.2, 0) is 6.61 Å². The number of ether oxygens (including phenoxy) is 1. The van der Waals surface area contributed by atoms with Crippen LogP contribution < -0.4 is 14.9 Å². The van der Waals surface area contributed by atoms with Gasteiger partial charge in [0.1, 0.15) is 22.4 Å². The van der Waals surface area contributed by atoms with Crippen molar-refractivity contribution >= 4 is 39.9 Å². The van der Waals surface area contributed by atoms with Gasteiger partial charge in [0.2, 0.25) is 0 Å². The van der Waals surface area contributed by atoms with Gasteiger partial charge in [0.25, 0.3) is 5.91 Å². The second kappa shape index (κ2) is 9.79. The summed E-state index contributed by atoms with van der Waals surface area (Å²) in [7, 11) is 1.99. The number of likely N-dealkylation sites (N-methyl/N-ethyl adjacent to an activating group) is 1. The summed E-state index contributed by atoms with van der Waals surface area (Å²) >= 11 is 4.42. The minimum absolute atomic E-state index is 0.0118. The van der Waals surface area contributed by atoms with Gasteiger partial charge in [-0.15, -0.1) is 22.7 Å². The van der Waals surface area contributed by atoms with Crippen molar-refractivity contribution in [3.63, 3.8) is 0 Å². The van der Waals surface area contributed by atoms with Gasteiger partial charge in [-0.25, -0.2) is 10.1 Å². The van der Waals surface area contributed by atoms with E-state index in [1.807, 2.05) is 37.6 Å². The van der Waals surface area contributed by atoms with E-state index < -0.39 is 0 Å². The van der Waals surface area contributed by atoms with Crippen molar-refractivity contribution in [2.45, 2.75) is 25.5 Å². The molecule has 2 N–H and O–H groups in total. The number of hydrogen-bond donors (Lipinski definition) is 2. The van der Waals surface area contributed by atoms with Crippen molar-refractivity contribution < 1.29 is 9.53 Å². The number of likely N-dealkylation sites (tertiary alicyclic amines) is 1. The standard InChI is InChI=1S/C23H23N5O3S3/c1-13-19(33-22(24-13)18-4-3-9-32-18)12-31-15-7-5-14(6-8-15)20(29)25-17-11-28(2)10-16(17)21-26-27-23(30)34-21/h3-9,16-17H,10-12H2,1-2H3,(H,25,29)(H,27,30)/t16-,17+/m0/s1. The fourth-order valence-corrected chi connectivity index (χ4v) is 6.50. The number of H-pyrrole nitrogens is 1. The summed E-state index contributed by atoms with van der Waals surface area (Å²) in [6.45, 7) is 3.87. The highest BCUT2D eigenvalue weighted by atomic mass is 32.1. The minimum Gasteiger partial charge on any atom is -0.488 e. The van der Waals surface area contributed by atoms with Crippen LogP contribution in [0.25, 0.3) is 9.88 Å². The number of hydrogen-bond acceptors (Lipinski definition) is 9. The van der Waals surface area contributed by atoms with Crippen LogP contribution in [0.4, 0.5) is 0 Å². The average molecular weight is 514 g/mol. The Morgan fingerprint density at radius 3 is 2.76 bits per heavy atom. The van der Waals surface area contributed by atoms with Crippen molar-refractivity contribution in [2.75, 3.05) is 20.1 Å². The number of aromatic nitrogens is 3. The van der Waals surface area contributed by atoms with Gasteiger partial charge in [0, 0.05) is 24.6 Å². The Morgan fingerprint density at radius 2 is 2.06 bits per heavy atom. The van der Waals surface area contributed by atoms with Gasteiger partial charge < -0.3 is 15.0 Å². The summed E-state index contributed by atoms with van der Waals surface area (Å²) in [5.41, 5.74) is 1.53. The first-order chi connectivity index (χ1) is 16.5. The van der Waals surface area contributed by atoms with Crippen molar-refractivity contribution in [2.24, 2.45) is 0 Å². The number of nitrogens with zero attached hydrogens (tertiary/aromatic N) is 3. The third-order valence-electron chi connectivity index (χ3n) is 5.70. The quantitative estimate of drug-likeness (QED) is 0.391. The second-order valence-electron chi connectivity index (χ2n) is 8.18. The first-order valence-corrected chi connectivity index (χ1v) is 13.3. The van der Waals surface area contributed by atoms with Crippen molar-refractivity contribution in [1.82, 2.24) is 25.4 Å². The van der Waals surface area contributed by atoms with E-state index in [9.17, 15) is 9.59 Å². The zero-order valence-corrected chi connectivity index (χ0v) is 21.1. The lowest BCUT2D eigenvalue weighted by Crippen LogP contribution is -2.39. The van der Waals surface area contributed by atoms with Crippen LogP contribution in [0.1, 0.15) is 31.9 Å². The largest absolute Gasteiger partial charge is 0.488 e. The molecule has 5 rings (SSSR count). The highest BCUT2D eigenvalue weighted by molar-refractivity contribution is 7.21. The number of benzene rings is 1. The summed E-state index contributed by atoms with van der Waals surface area (Å²) in [5, 5.41) is 13.5. The maximum atomic E-state index is 12.9. The molecule has 34 heavy (non-hydrogen) atoms. The first kappa shape index (κ1) is 22.9. The van der Waals surface area contributed by atoms with E-state index in [1.165, 1.54) is 0 Å². The molecule has 11 heteroatoms. The molecule has 8 nitrogen and oxygen atoms in total. The van der Waals surface area contributed by atoms with Gasteiger partial charge in [-0.3, -0.25) is 9.59 Å². The monoisotopic (exact) mass is 513 g/mol. The number of thiophene rings is 1. The van der Waals surface area contributed by atoms with Gasteiger partial charge in [-0.05, 0) is 49.7 Å². The Balaban J connectivity index is 1.20. The number of thiazole rings is 1. The van der Waals surface area contributed by atoms with Crippen molar-refractivity contribution in [3.8, 4) is 15.6 Å². The summed E-state index contributed by atoms with van der Waals surface area (Å²) in [6.07, 6.45) is 0. The molecule has 1 saturated heterocycles. The zero-order chi connectivity index (χ0) is 23.7. The molecule has 4 heterocycles. The van der Waals surface area contributed by atoms with Gasteiger partial charge >= 0.3 is 4.87 Å². The number of nitrogens with one attached hydrogen (secondary N) is 2. The summed E-state index contributed by atoms with van der Waals surface area (Å²) < 4.78 is 5.96. The molecule has 176 valence electrons. The Hall–Kier alpha value is -2.86. The summed E-state index contributed by atoms with van der Waals surface area (Å²) in [5.74, 6) is 0.530. The van der Waals surface area contributed by atoms with Crippen LogP contribution in [0.5, 0.6) is 5.75 Å². The first-order valence-electron chi connectivity index (χ1n) is 10.7. The third-order valence-corrected chi connectivity index (χ3v) is 8.75. The molecule has 0 spiro atoms. The average Bonchev–Trinajstić information content (AvgIpc) is 3.61. The Morgan fingerprint density at radius 1 is 1.24 bits per heavy atom. The molecule has 1 amide bonds. The molecule has 1 aromatic carbocycles. The molecule has 2 atom stereocenters. The molecule has 0 saturated carbocycles. The highest BCUT2D eigenvalue weighted by Crippen LogP contribution is 2.32. The number of aromatic amines is 1. The SMILES string of the molecule is Cc1nc(-c2cccs2)sc1COc1ccc(C(=O)N[C@@H]2CN(C)C[C@@H]2c2n[nH]c(=O)s2)cc1. The molecule has 0 bridgehead atoms. The number of rotatable bonds is 7. The van der Waals surface area contributed by atoms with Gasteiger partial charge in [0.15, 0.2) is 0 Å². The summed E-state index contributed by atoms with van der Waals surface area (Å²) in [6, 6.07) is 11.1. The fraction of sp³-hybridized carbons (Fsp3) is 0.304. The zero-order valence-electron chi connectivity index (χ0n) is 18.6. The number of carbonyl (C=O) groups is 1. The molecule has 1 aliphatic rings.